The normalized spacial score (nSPS) is 20.9. The first-order chi connectivity index (χ1) is 17.4. The van der Waals surface area contributed by atoms with Crippen LogP contribution in [0.4, 0.5) is 4.79 Å². The molecule has 3 unspecified atom stereocenters. The number of nitrogens with two attached hydrogens (primary N) is 1. The highest BCUT2D eigenvalue weighted by Gasteiger charge is 2.44. The van der Waals surface area contributed by atoms with Crippen LogP contribution < -0.4 is 21.7 Å². The number of nitrogens with one attached hydrogen (secondary N) is 3. The lowest BCUT2D eigenvalue weighted by Crippen LogP contribution is -2.59. The van der Waals surface area contributed by atoms with Gasteiger partial charge in [0.15, 0.2) is 5.76 Å². The zero-order chi connectivity index (χ0) is 25.5. The van der Waals surface area contributed by atoms with E-state index in [0.717, 1.165) is 31.2 Å². The maximum atomic E-state index is 13.5. The minimum absolute atomic E-state index is 0.0934. The number of amides is 5. The molecule has 2 aliphatic rings. The van der Waals surface area contributed by atoms with E-state index in [1.165, 1.54) is 23.7 Å². The number of furan rings is 1. The highest BCUT2D eigenvalue weighted by atomic mass is 16.3. The Hall–Kier alpha value is -3.82. The van der Waals surface area contributed by atoms with Gasteiger partial charge in [0.25, 0.3) is 5.91 Å². The van der Waals surface area contributed by atoms with Gasteiger partial charge >= 0.3 is 6.03 Å². The van der Waals surface area contributed by atoms with Gasteiger partial charge in [-0.3, -0.25) is 14.4 Å². The fourth-order valence-corrected chi connectivity index (χ4v) is 5.01. The Kier molecular flexibility index (Phi) is 8.24. The van der Waals surface area contributed by atoms with Crippen molar-refractivity contribution in [1.82, 2.24) is 20.9 Å². The van der Waals surface area contributed by atoms with Crippen molar-refractivity contribution in [2.45, 2.75) is 69.1 Å². The smallest absolute Gasteiger partial charge is 0.315 e. The number of carbonyl (C=O) groups is 4. The predicted octanol–water partition coefficient (Wildman–Crippen LogP) is 1.71. The molecule has 3 atom stereocenters. The zero-order valence-corrected chi connectivity index (χ0v) is 20.2. The molecule has 36 heavy (non-hydrogen) atoms. The Morgan fingerprint density at radius 3 is 2.39 bits per heavy atom. The van der Waals surface area contributed by atoms with E-state index in [1.807, 2.05) is 30.3 Å². The van der Waals surface area contributed by atoms with E-state index in [0.29, 0.717) is 6.42 Å². The number of nitrogens with zero attached hydrogens (tertiary/aromatic N) is 1. The van der Waals surface area contributed by atoms with E-state index < -0.39 is 35.8 Å². The fraction of sp³-hybridized carbons (Fsp3) is 0.462. The first-order valence-electron chi connectivity index (χ1n) is 12.5. The van der Waals surface area contributed by atoms with E-state index in [2.05, 4.69) is 16.0 Å². The van der Waals surface area contributed by atoms with Gasteiger partial charge in [-0.05, 0) is 37.0 Å². The lowest BCUT2D eigenvalue weighted by Gasteiger charge is -2.29. The average molecular weight is 496 g/mol. The van der Waals surface area contributed by atoms with Crippen LogP contribution in [-0.2, 0) is 16.0 Å². The molecule has 5 N–H and O–H groups in total. The van der Waals surface area contributed by atoms with Crippen molar-refractivity contribution >= 4 is 23.8 Å². The highest BCUT2D eigenvalue weighted by molar-refractivity contribution is 5.97. The summed E-state index contributed by atoms with van der Waals surface area (Å²) < 4.78 is 5.25. The topological polar surface area (TPSA) is 147 Å². The van der Waals surface area contributed by atoms with Crippen LogP contribution in [0.3, 0.4) is 0 Å². The van der Waals surface area contributed by atoms with Crippen molar-refractivity contribution in [2.24, 2.45) is 5.73 Å². The lowest BCUT2D eigenvalue weighted by atomic mass is 9.96. The molecule has 0 bridgehead atoms. The fourth-order valence-electron chi connectivity index (χ4n) is 5.01. The van der Waals surface area contributed by atoms with Crippen LogP contribution >= 0.6 is 0 Å². The van der Waals surface area contributed by atoms with Crippen molar-refractivity contribution in [1.29, 1.82) is 0 Å². The predicted molar refractivity (Wildman–Crippen MR) is 132 cm³/mol. The summed E-state index contributed by atoms with van der Waals surface area (Å²) in [6, 6.07) is 9.40. The van der Waals surface area contributed by atoms with Crippen LogP contribution in [-0.4, -0.2) is 59.4 Å². The van der Waals surface area contributed by atoms with E-state index >= 15 is 0 Å². The van der Waals surface area contributed by atoms with Crippen LogP contribution in [0.2, 0.25) is 0 Å². The van der Waals surface area contributed by atoms with E-state index in [9.17, 15) is 19.2 Å². The molecule has 1 aliphatic carbocycles. The average Bonchev–Trinajstić information content (AvgIpc) is 3.55. The first kappa shape index (κ1) is 25.3. The maximum Gasteiger partial charge on any atom is 0.315 e. The minimum atomic E-state index is -1.03. The molecule has 1 aromatic carbocycles. The summed E-state index contributed by atoms with van der Waals surface area (Å²) in [5, 5.41) is 8.59. The molecule has 2 fully saturated rings. The third kappa shape index (κ3) is 6.24. The number of hydrogen-bond donors (Lipinski definition) is 4. The lowest BCUT2D eigenvalue weighted by molar-refractivity contribution is -0.130. The first-order valence-corrected chi connectivity index (χ1v) is 12.5. The number of rotatable bonds is 8. The molecule has 192 valence electrons. The van der Waals surface area contributed by atoms with Gasteiger partial charge in [0.1, 0.15) is 12.1 Å². The van der Waals surface area contributed by atoms with Crippen molar-refractivity contribution in [3.63, 3.8) is 0 Å². The third-order valence-electron chi connectivity index (χ3n) is 6.86. The van der Waals surface area contributed by atoms with E-state index in [1.54, 1.807) is 6.07 Å². The third-order valence-corrected chi connectivity index (χ3v) is 6.86. The van der Waals surface area contributed by atoms with E-state index in [-0.39, 0.29) is 30.8 Å². The summed E-state index contributed by atoms with van der Waals surface area (Å²) in [7, 11) is 0. The maximum absolute atomic E-state index is 13.5. The molecule has 1 saturated heterocycles. The Balaban J connectivity index is 1.49. The van der Waals surface area contributed by atoms with Crippen molar-refractivity contribution < 1.29 is 23.6 Å². The molecule has 1 aromatic heterocycles. The highest BCUT2D eigenvalue weighted by Crippen LogP contribution is 2.23. The van der Waals surface area contributed by atoms with Gasteiger partial charge in [-0.1, -0.05) is 49.6 Å². The Morgan fingerprint density at radius 1 is 0.972 bits per heavy atom. The summed E-state index contributed by atoms with van der Waals surface area (Å²) in [5.41, 5.74) is 6.43. The van der Waals surface area contributed by atoms with Gasteiger partial charge in [0.2, 0.25) is 11.8 Å². The van der Waals surface area contributed by atoms with Gasteiger partial charge in [-0.2, -0.15) is 0 Å². The monoisotopic (exact) mass is 495 g/mol. The number of primary amides is 1. The molecule has 10 heteroatoms. The van der Waals surface area contributed by atoms with Crippen molar-refractivity contribution in [3.05, 3.63) is 60.1 Å². The molecule has 5 amide bonds. The van der Waals surface area contributed by atoms with Crippen LogP contribution in [0, 0.1) is 0 Å². The Bertz CT molecular complexity index is 1050. The van der Waals surface area contributed by atoms with Crippen LogP contribution in [0.15, 0.2) is 53.1 Å². The molecule has 2 heterocycles. The van der Waals surface area contributed by atoms with Gasteiger partial charge in [0, 0.05) is 19.0 Å². The van der Waals surface area contributed by atoms with E-state index in [4.69, 9.17) is 10.2 Å². The van der Waals surface area contributed by atoms with Gasteiger partial charge in [-0.25, -0.2) is 4.79 Å². The number of carbonyl (C=O) groups excluding carboxylic acids is 4. The number of benzene rings is 1. The second-order valence-electron chi connectivity index (χ2n) is 9.42. The SMILES string of the molecule is NC(=O)C(Cc1ccccc1)NC(=O)C1C(NC(=O)NC2CCCCC2)CCN1C(=O)c1ccco1. The van der Waals surface area contributed by atoms with Crippen LogP contribution in [0.5, 0.6) is 0 Å². The quantitative estimate of drug-likeness (QED) is 0.440. The molecule has 0 radical (unpaired) electrons. The zero-order valence-electron chi connectivity index (χ0n) is 20.2. The Morgan fingerprint density at radius 2 is 1.72 bits per heavy atom. The molecule has 4 rings (SSSR count). The summed E-state index contributed by atoms with van der Waals surface area (Å²) in [6.07, 6.45) is 7.12. The van der Waals surface area contributed by atoms with Crippen molar-refractivity contribution in [2.75, 3.05) is 6.54 Å². The second-order valence-corrected chi connectivity index (χ2v) is 9.42. The molecule has 10 nitrogen and oxygen atoms in total. The minimum Gasteiger partial charge on any atom is -0.459 e. The largest absolute Gasteiger partial charge is 0.459 e. The molecular formula is C26H33N5O5. The van der Waals surface area contributed by atoms with Crippen LogP contribution in [0.1, 0.15) is 54.6 Å². The summed E-state index contributed by atoms with van der Waals surface area (Å²) in [4.78, 5) is 52.9. The second kappa shape index (κ2) is 11.7. The van der Waals surface area contributed by atoms with Crippen LogP contribution in [0.25, 0.3) is 0 Å². The molecule has 1 saturated carbocycles. The number of hydrogen-bond acceptors (Lipinski definition) is 5. The summed E-state index contributed by atoms with van der Waals surface area (Å²) in [6.45, 7) is 0.242. The molecular weight excluding hydrogens is 462 g/mol. The molecule has 0 spiro atoms. The number of urea groups is 1. The van der Waals surface area contributed by atoms with Gasteiger partial charge in [-0.15, -0.1) is 0 Å². The molecule has 2 aromatic rings. The van der Waals surface area contributed by atoms with Gasteiger partial charge in [0.05, 0.1) is 12.3 Å². The summed E-state index contributed by atoms with van der Waals surface area (Å²) in [5.74, 6) is -1.62. The Labute approximate surface area is 210 Å². The van der Waals surface area contributed by atoms with Gasteiger partial charge < -0.3 is 31.0 Å². The standard InChI is InChI=1S/C26H33N5O5/c27-23(32)20(16-17-8-3-1-4-9-17)29-24(33)22-19(30-26(35)28-18-10-5-2-6-11-18)13-14-31(22)25(34)21-12-7-15-36-21/h1,3-4,7-9,12,15,18-20,22H,2,5-6,10-11,13-14,16H2,(H2,27,32)(H,29,33)(H2,28,30,35). The van der Waals surface area contributed by atoms with Crippen molar-refractivity contribution in [3.8, 4) is 0 Å². The molecule has 1 aliphatic heterocycles. The number of likely N-dealkylation sites (tertiary alicyclic amines) is 1. The summed E-state index contributed by atoms with van der Waals surface area (Å²) >= 11 is 0.